The van der Waals surface area contributed by atoms with Crippen LogP contribution in [0, 0.1) is 16.0 Å². The summed E-state index contributed by atoms with van der Waals surface area (Å²) in [6.45, 7) is 0.517. The Morgan fingerprint density at radius 2 is 1.88 bits per heavy atom. The van der Waals surface area contributed by atoms with Crippen LogP contribution in [0.2, 0.25) is 0 Å². The molecule has 3 atom stereocenters. The number of hydrogen-bond acceptors (Lipinski definition) is 4. The van der Waals surface area contributed by atoms with Crippen LogP contribution in [0.3, 0.4) is 0 Å². The molecule has 5 rings (SSSR count). The van der Waals surface area contributed by atoms with Crippen molar-refractivity contribution in [1.29, 1.82) is 0 Å². The molecule has 3 unspecified atom stereocenters. The Kier molecular flexibility index (Phi) is 5.42. The van der Waals surface area contributed by atoms with Crippen molar-refractivity contribution in [3.63, 3.8) is 0 Å². The fourth-order valence-corrected chi connectivity index (χ4v) is 5.10. The number of nitro groups is 1. The average molecular weight is 440 g/mol. The van der Waals surface area contributed by atoms with E-state index in [-0.39, 0.29) is 34.4 Å². The predicted molar refractivity (Wildman–Crippen MR) is 128 cm³/mol. The summed E-state index contributed by atoms with van der Waals surface area (Å²) in [5.41, 5.74) is 4.57. The minimum Gasteiger partial charge on any atom is -0.377 e. The maximum Gasteiger partial charge on any atom is 0.269 e. The molecule has 1 aliphatic carbocycles. The van der Waals surface area contributed by atoms with E-state index in [9.17, 15) is 14.9 Å². The van der Waals surface area contributed by atoms with Crippen LogP contribution in [-0.4, -0.2) is 22.8 Å². The molecule has 1 N–H and O–H groups in total. The van der Waals surface area contributed by atoms with Crippen LogP contribution in [-0.2, 0) is 6.54 Å². The van der Waals surface area contributed by atoms with Crippen LogP contribution in [0.1, 0.15) is 45.4 Å². The van der Waals surface area contributed by atoms with Gasteiger partial charge in [0.25, 0.3) is 11.6 Å². The Morgan fingerprint density at radius 3 is 2.67 bits per heavy atom. The predicted octanol–water partition coefficient (Wildman–Crippen LogP) is 5.69. The Labute approximate surface area is 192 Å². The van der Waals surface area contributed by atoms with Gasteiger partial charge in [-0.25, -0.2) is 0 Å². The van der Waals surface area contributed by atoms with Gasteiger partial charge in [-0.1, -0.05) is 66.7 Å². The van der Waals surface area contributed by atoms with E-state index in [1.165, 1.54) is 6.07 Å². The molecular formula is C27H25N3O3. The molecule has 166 valence electrons. The lowest BCUT2D eigenvalue weighted by Gasteiger charge is -2.38. The van der Waals surface area contributed by atoms with Crippen molar-refractivity contribution >= 4 is 17.3 Å². The molecule has 0 bridgehead atoms. The zero-order valence-electron chi connectivity index (χ0n) is 18.3. The number of carbonyl (C=O) groups excluding carboxylic acids is 1. The van der Waals surface area contributed by atoms with Crippen molar-refractivity contribution in [3.05, 3.63) is 117 Å². The smallest absolute Gasteiger partial charge is 0.269 e. The summed E-state index contributed by atoms with van der Waals surface area (Å²) in [4.78, 5) is 26.2. The topological polar surface area (TPSA) is 75.5 Å². The lowest BCUT2D eigenvalue weighted by atomic mass is 9.76. The molecule has 3 aromatic rings. The molecule has 3 aromatic carbocycles. The number of amides is 1. The fourth-order valence-electron chi connectivity index (χ4n) is 5.10. The Hall–Kier alpha value is -3.93. The van der Waals surface area contributed by atoms with Gasteiger partial charge in [-0.05, 0) is 35.1 Å². The first-order valence-electron chi connectivity index (χ1n) is 11.1. The highest BCUT2D eigenvalue weighted by molar-refractivity contribution is 6.00. The van der Waals surface area contributed by atoms with Gasteiger partial charge in [0.05, 0.1) is 22.2 Å². The third-order valence-electron chi connectivity index (χ3n) is 6.68. The molecule has 0 spiro atoms. The summed E-state index contributed by atoms with van der Waals surface area (Å²) in [5, 5.41) is 15.0. The van der Waals surface area contributed by atoms with Crippen LogP contribution in [0.4, 0.5) is 11.4 Å². The summed E-state index contributed by atoms with van der Waals surface area (Å²) < 4.78 is 0. The zero-order valence-corrected chi connectivity index (χ0v) is 18.3. The molecule has 6 nitrogen and oxygen atoms in total. The Bertz CT molecular complexity index is 1240. The van der Waals surface area contributed by atoms with Gasteiger partial charge < -0.3 is 10.2 Å². The third-order valence-corrected chi connectivity index (χ3v) is 6.68. The first kappa shape index (κ1) is 20.9. The van der Waals surface area contributed by atoms with Gasteiger partial charge in [0.1, 0.15) is 0 Å². The Balaban J connectivity index is 1.51. The number of allylic oxidation sites excluding steroid dienone is 2. The van der Waals surface area contributed by atoms with Crippen molar-refractivity contribution in [2.45, 2.75) is 24.9 Å². The molecule has 0 saturated heterocycles. The minimum atomic E-state index is -0.363. The molecule has 6 heteroatoms. The highest BCUT2D eigenvalue weighted by Crippen LogP contribution is 2.51. The van der Waals surface area contributed by atoms with Gasteiger partial charge in [0, 0.05) is 31.6 Å². The van der Waals surface area contributed by atoms with Crippen molar-refractivity contribution in [1.82, 2.24) is 4.90 Å². The van der Waals surface area contributed by atoms with E-state index in [4.69, 9.17) is 0 Å². The molecule has 1 aliphatic heterocycles. The zero-order chi connectivity index (χ0) is 22.9. The normalized spacial score (nSPS) is 20.5. The average Bonchev–Trinajstić information content (AvgIpc) is 3.34. The molecule has 33 heavy (non-hydrogen) atoms. The maximum absolute atomic E-state index is 13.5. The van der Waals surface area contributed by atoms with Crippen LogP contribution in [0.5, 0.6) is 0 Å². The summed E-state index contributed by atoms with van der Waals surface area (Å²) >= 11 is 0. The quantitative estimate of drug-likeness (QED) is 0.315. The molecular weight excluding hydrogens is 414 g/mol. The van der Waals surface area contributed by atoms with Gasteiger partial charge in [-0.15, -0.1) is 0 Å². The number of nitro benzene ring substituents is 1. The summed E-state index contributed by atoms with van der Waals surface area (Å²) in [6, 6.07) is 22.5. The van der Waals surface area contributed by atoms with Crippen molar-refractivity contribution < 1.29 is 9.72 Å². The minimum absolute atomic E-state index is 0.0542. The second-order valence-corrected chi connectivity index (χ2v) is 8.74. The van der Waals surface area contributed by atoms with E-state index < -0.39 is 0 Å². The number of rotatable bonds is 5. The molecule has 2 aliphatic rings. The van der Waals surface area contributed by atoms with Gasteiger partial charge in [-0.3, -0.25) is 14.9 Å². The van der Waals surface area contributed by atoms with E-state index in [0.717, 1.165) is 28.8 Å². The fraction of sp³-hybridized carbons (Fsp3) is 0.222. The van der Waals surface area contributed by atoms with Crippen molar-refractivity contribution in [2.24, 2.45) is 5.92 Å². The molecule has 1 amide bonds. The summed E-state index contributed by atoms with van der Waals surface area (Å²) in [7, 11) is 1.81. The van der Waals surface area contributed by atoms with E-state index in [2.05, 4.69) is 23.5 Å². The highest BCUT2D eigenvalue weighted by Gasteiger charge is 2.39. The highest BCUT2D eigenvalue weighted by atomic mass is 16.6. The molecule has 0 saturated carbocycles. The van der Waals surface area contributed by atoms with Crippen molar-refractivity contribution in [3.8, 4) is 0 Å². The maximum atomic E-state index is 13.5. The largest absolute Gasteiger partial charge is 0.377 e. The van der Waals surface area contributed by atoms with Crippen LogP contribution in [0.25, 0.3) is 0 Å². The monoisotopic (exact) mass is 439 g/mol. The molecule has 1 heterocycles. The molecule has 0 aromatic heterocycles. The van der Waals surface area contributed by atoms with Gasteiger partial charge >= 0.3 is 0 Å². The number of anilines is 1. The molecule has 0 radical (unpaired) electrons. The summed E-state index contributed by atoms with van der Waals surface area (Å²) in [6.07, 6.45) is 5.26. The summed E-state index contributed by atoms with van der Waals surface area (Å²) in [5.74, 6) is 0.353. The standard InChI is InChI=1S/C27H25N3O3/c1-29(17-18-8-3-2-4-9-18)27(31)24-15-7-14-23-21-12-6-13-22(21)25(28-26(23)24)19-10-5-11-20(16-19)30(32)33/h2-12,14-16,21-22,25,28H,13,17H2,1H3. The second-order valence-electron chi connectivity index (χ2n) is 8.74. The SMILES string of the molecule is CN(Cc1ccccc1)C(=O)c1cccc2c1NC(c1cccc([N+](=O)[O-])c1)C1CC=CC21. The van der Waals surface area contributed by atoms with Gasteiger partial charge in [0.2, 0.25) is 0 Å². The van der Waals surface area contributed by atoms with Gasteiger partial charge in [-0.2, -0.15) is 0 Å². The van der Waals surface area contributed by atoms with Gasteiger partial charge in [0.15, 0.2) is 0 Å². The van der Waals surface area contributed by atoms with E-state index in [0.29, 0.717) is 12.1 Å². The van der Waals surface area contributed by atoms with Crippen molar-refractivity contribution in [2.75, 3.05) is 12.4 Å². The third kappa shape index (κ3) is 3.89. The number of fused-ring (bicyclic) bond motifs is 3. The van der Waals surface area contributed by atoms with Crippen LogP contribution in [0.15, 0.2) is 84.9 Å². The molecule has 0 fully saturated rings. The van der Waals surface area contributed by atoms with Crippen LogP contribution < -0.4 is 5.32 Å². The number of nitrogens with one attached hydrogen (secondary N) is 1. The lowest BCUT2D eigenvalue weighted by molar-refractivity contribution is -0.384. The first-order chi connectivity index (χ1) is 16.0. The van der Waals surface area contributed by atoms with E-state index >= 15 is 0 Å². The van der Waals surface area contributed by atoms with E-state index in [1.807, 2.05) is 55.6 Å². The first-order valence-corrected chi connectivity index (χ1v) is 11.1. The van der Waals surface area contributed by atoms with E-state index in [1.54, 1.807) is 17.0 Å². The number of non-ortho nitro benzene ring substituents is 1. The number of hydrogen-bond donors (Lipinski definition) is 1. The number of nitrogens with zero attached hydrogens (tertiary/aromatic N) is 2. The number of para-hydroxylation sites is 1. The lowest BCUT2D eigenvalue weighted by Crippen LogP contribution is -2.32. The van der Waals surface area contributed by atoms with Crippen LogP contribution >= 0.6 is 0 Å². The number of carbonyl (C=O) groups is 1. The number of benzene rings is 3. The second kappa shape index (κ2) is 8.54. The Morgan fingerprint density at radius 1 is 1.09 bits per heavy atom.